The van der Waals surface area contributed by atoms with Gasteiger partial charge in [0.1, 0.15) is 5.33 Å². The first kappa shape index (κ1) is 10.2. The number of carboxylic acid groups (broad SMARTS) is 1. The molecular formula is C3H9BrO2Si. The van der Waals surface area contributed by atoms with Crippen LogP contribution in [0.4, 0.5) is 0 Å². The summed E-state index contributed by atoms with van der Waals surface area (Å²) in [6.45, 7) is 2.14. The van der Waals surface area contributed by atoms with Crippen molar-refractivity contribution in [1.82, 2.24) is 0 Å². The molecule has 0 aromatic heterocycles. The lowest BCUT2D eigenvalue weighted by Crippen LogP contribution is -1.92. The van der Waals surface area contributed by atoms with Crippen molar-refractivity contribution in [3.05, 3.63) is 0 Å². The fourth-order valence-electron chi connectivity index (χ4n) is 0. The molecule has 0 atom stereocenters. The lowest BCUT2D eigenvalue weighted by atomic mass is 10.8. The maximum atomic E-state index is 9.32. The zero-order valence-corrected chi connectivity index (χ0v) is 8.03. The molecule has 2 nitrogen and oxygen atoms in total. The van der Waals surface area contributed by atoms with Crippen molar-refractivity contribution in [1.29, 1.82) is 0 Å². The highest BCUT2D eigenvalue weighted by molar-refractivity contribution is 9.09. The molecule has 0 saturated carbocycles. The molecule has 0 aliphatic rings. The zero-order chi connectivity index (χ0) is 6.28. The molecule has 0 rings (SSSR count). The maximum absolute atomic E-state index is 9.32. The highest BCUT2D eigenvalue weighted by atomic mass is 79.9. The molecular weight excluding hydrogens is 176 g/mol. The van der Waals surface area contributed by atoms with E-state index in [1.165, 1.54) is 10.2 Å². The Balaban J connectivity index is 0. The Hall–Kier alpha value is 0.167. The fourth-order valence-corrected chi connectivity index (χ4v) is 0. The van der Waals surface area contributed by atoms with Gasteiger partial charge in [-0.25, -0.2) is 0 Å². The van der Waals surface area contributed by atoms with Crippen molar-refractivity contribution in [3.63, 3.8) is 0 Å². The van der Waals surface area contributed by atoms with E-state index in [0.717, 1.165) is 0 Å². The monoisotopic (exact) mass is 184 g/mol. The van der Waals surface area contributed by atoms with Gasteiger partial charge < -0.3 is 5.11 Å². The Bertz CT molecular complexity index is 48.2. The molecule has 0 saturated heterocycles. The largest absolute Gasteiger partial charge is 0.481 e. The molecule has 4 heteroatoms. The summed E-state index contributed by atoms with van der Waals surface area (Å²) in [5.74, 6) is -0.829. The lowest BCUT2D eigenvalue weighted by Gasteiger charge is -1.70. The number of alkyl halides is 1. The summed E-state index contributed by atoms with van der Waals surface area (Å²) < 4.78 is 0. The van der Waals surface area contributed by atoms with E-state index < -0.39 is 5.97 Å². The molecule has 0 radical (unpaired) electrons. The summed E-state index contributed by atoms with van der Waals surface area (Å²) in [7, 11) is 1.31. The number of carbonyl (C=O) groups is 1. The molecule has 0 spiro atoms. The van der Waals surface area contributed by atoms with Gasteiger partial charge >= 0.3 is 5.97 Å². The van der Waals surface area contributed by atoms with E-state index in [1.54, 1.807) is 0 Å². The summed E-state index contributed by atoms with van der Waals surface area (Å²) in [6, 6.07) is 0. The van der Waals surface area contributed by atoms with Gasteiger partial charge in [-0.15, -0.1) is 0 Å². The van der Waals surface area contributed by atoms with E-state index in [9.17, 15) is 4.79 Å². The Labute approximate surface area is 54.5 Å². The molecule has 7 heavy (non-hydrogen) atoms. The Morgan fingerprint density at radius 3 is 2.00 bits per heavy atom. The van der Waals surface area contributed by atoms with E-state index in [0.29, 0.717) is 0 Å². The van der Waals surface area contributed by atoms with Crippen molar-refractivity contribution in [3.8, 4) is 0 Å². The molecule has 0 heterocycles. The van der Waals surface area contributed by atoms with Crippen LogP contribution in [0.15, 0.2) is 0 Å². The SMILES string of the molecule is C[SiH3].O=C(O)CBr. The summed E-state index contributed by atoms with van der Waals surface area (Å²) in [5, 5.41) is 7.71. The van der Waals surface area contributed by atoms with Crippen LogP contribution in [-0.4, -0.2) is 26.6 Å². The molecule has 0 fully saturated rings. The predicted octanol–water partition coefficient (Wildman–Crippen LogP) is -0.134. The van der Waals surface area contributed by atoms with Gasteiger partial charge in [-0.1, -0.05) is 22.5 Å². The number of carboxylic acids is 1. The smallest absolute Gasteiger partial charge is 0.314 e. The van der Waals surface area contributed by atoms with E-state index >= 15 is 0 Å². The molecule has 0 unspecified atom stereocenters. The molecule has 1 N–H and O–H groups in total. The number of aliphatic carboxylic acids is 1. The van der Waals surface area contributed by atoms with Crippen LogP contribution in [0.1, 0.15) is 0 Å². The number of halogens is 1. The van der Waals surface area contributed by atoms with Gasteiger partial charge in [0.05, 0.1) is 0 Å². The van der Waals surface area contributed by atoms with Crippen molar-refractivity contribution < 1.29 is 9.90 Å². The summed E-state index contributed by atoms with van der Waals surface area (Å²) >= 11 is 2.71. The second-order valence-corrected chi connectivity index (χ2v) is 1.09. The molecule has 44 valence electrons. The van der Waals surface area contributed by atoms with Crippen molar-refractivity contribution >= 4 is 32.1 Å². The minimum Gasteiger partial charge on any atom is -0.481 e. The Kier molecular flexibility index (Phi) is 13.8. The minimum atomic E-state index is -0.829. The summed E-state index contributed by atoms with van der Waals surface area (Å²) in [4.78, 5) is 9.32. The van der Waals surface area contributed by atoms with E-state index in [4.69, 9.17) is 5.11 Å². The normalized spacial score (nSPS) is 6.57. The first-order valence-corrected chi connectivity index (χ1v) is 5.17. The van der Waals surface area contributed by atoms with Crippen LogP contribution in [0.3, 0.4) is 0 Å². The highest BCUT2D eigenvalue weighted by Gasteiger charge is 1.83. The van der Waals surface area contributed by atoms with Crippen molar-refractivity contribution in [2.24, 2.45) is 0 Å². The third kappa shape index (κ3) is 22.8. The second-order valence-electron chi connectivity index (χ2n) is 0.527. The number of hydrogen-bond acceptors (Lipinski definition) is 1. The minimum absolute atomic E-state index is 0.0347. The van der Waals surface area contributed by atoms with E-state index in [2.05, 4.69) is 22.5 Å². The van der Waals surface area contributed by atoms with Crippen molar-refractivity contribution in [2.75, 3.05) is 5.33 Å². The first-order chi connectivity index (χ1) is 3.27. The maximum Gasteiger partial charge on any atom is 0.314 e. The average molecular weight is 185 g/mol. The van der Waals surface area contributed by atoms with Gasteiger partial charge in [0.25, 0.3) is 0 Å². The predicted molar refractivity (Wildman–Crippen MR) is 37.2 cm³/mol. The Morgan fingerprint density at radius 1 is 1.86 bits per heavy atom. The van der Waals surface area contributed by atoms with E-state index in [-0.39, 0.29) is 5.33 Å². The fraction of sp³-hybridized carbons (Fsp3) is 0.667. The number of rotatable bonds is 1. The third-order valence-electron chi connectivity index (χ3n) is 0.114. The molecule has 0 aliphatic heterocycles. The third-order valence-corrected chi connectivity index (χ3v) is 0.594. The van der Waals surface area contributed by atoms with Gasteiger partial charge in [0, 0.05) is 0 Å². The van der Waals surface area contributed by atoms with Crippen LogP contribution in [0, 0.1) is 0 Å². The van der Waals surface area contributed by atoms with Crippen LogP contribution in [0.5, 0.6) is 0 Å². The van der Waals surface area contributed by atoms with Gasteiger partial charge in [0.15, 0.2) is 0 Å². The lowest BCUT2D eigenvalue weighted by molar-refractivity contribution is -0.133. The van der Waals surface area contributed by atoms with Crippen LogP contribution < -0.4 is 0 Å². The topological polar surface area (TPSA) is 37.3 Å². The van der Waals surface area contributed by atoms with Crippen LogP contribution in [0.2, 0.25) is 6.55 Å². The van der Waals surface area contributed by atoms with Gasteiger partial charge in [-0.3, -0.25) is 4.79 Å². The van der Waals surface area contributed by atoms with E-state index in [1.807, 2.05) is 0 Å². The van der Waals surface area contributed by atoms with Crippen LogP contribution in [-0.2, 0) is 4.79 Å². The van der Waals surface area contributed by atoms with Gasteiger partial charge in [0.2, 0.25) is 0 Å². The molecule has 0 aliphatic carbocycles. The zero-order valence-electron chi connectivity index (χ0n) is 4.44. The van der Waals surface area contributed by atoms with Gasteiger partial charge in [-0.2, -0.15) is 0 Å². The van der Waals surface area contributed by atoms with Crippen molar-refractivity contribution in [2.45, 2.75) is 6.55 Å². The van der Waals surface area contributed by atoms with Crippen LogP contribution in [0.25, 0.3) is 0 Å². The molecule has 0 amide bonds. The summed E-state index contributed by atoms with van der Waals surface area (Å²) in [6.07, 6.45) is 0. The standard InChI is InChI=1S/C2H3BrO2.CH6Si/c3-1-2(4)5;1-2/h1H2,(H,4,5);1-2H3. The van der Waals surface area contributed by atoms with Crippen LogP contribution >= 0.6 is 15.9 Å². The molecule has 0 bridgehead atoms. The molecule has 0 aromatic rings. The first-order valence-electron chi connectivity index (χ1n) is 2.05. The molecule has 0 aromatic carbocycles. The van der Waals surface area contributed by atoms with Gasteiger partial charge in [-0.05, 0) is 10.2 Å². The number of hydrogen-bond donors (Lipinski definition) is 1. The second kappa shape index (κ2) is 9.48. The quantitative estimate of drug-likeness (QED) is 0.456. The Morgan fingerprint density at radius 2 is 2.00 bits per heavy atom. The average Bonchev–Trinajstić information content (AvgIpc) is 1.73. The summed E-state index contributed by atoms with van der Waals surface area (Å²) in [5.41, 5.74) is 0. The highest BCUT2D eigenvalue weighted by Crippen LogP contribution is 1.73.